The lowest BCUT2D eigenvalue weighted by Crippen LogP contribution is -1.87. The number of hydrogen-bond donors (Lipinski definition) is 0. The van der Waals surface area contributed by atoms with E-state index in [1.807, 2.05) is 24.3 Å². The summed E-state index contributed by atoms with van der Waals surface area (Å²) in [7, 11) is 0. The van der Waals surface area contributed by atoms with E-state index in [9.17, 15) is 0 Å². The average Bonchev–Trinajstić information content (AvgIpc) is 2.42. The van der Waals surface area contributed by atoms with E-state index >= 15 is 0 Å². The van der Waals surface area contributed by atoms with E-state index in [1.54, 1.807) is 11.8 Å². The maximum atomic E-state index is 5.79. The highest BCUT2D eigenvalue weighted by atomic mass is 79.9. The molecule has 1 nitrogen and oxygen atoms in total. The molecule has 3 heteroatoms. The number of rotatable bonds is 5. The molecular formula is C15H15BrOS. The number of hydrogen-bond acceptors (Lipinski definition) is 2. The number of thioether (sulfide) groups is 1. The zero-order valence-electron chi connectivity index (χ0n) is 10.2. The summed E-state index contributed by atoms with van der Waals surface area (Å²) in [6.07, 6.45) is 3.11. The maximum absolute atomic E-state index is 5.79. The van der Waals surface area contributed by atoms with Gasteiger partial charge in [-0.15, -0.1) is 11.8 Å². The van der Waals surface area contributed by atoms with Gasteiger partial charge in [0.05, 0.1) is 0 Å². The van der Waals surface area contributed by atoms with E-state index in [1.165, 1.54) is 10.5 Å². The first-order valence-corrected chi connectivity index (χ1v) is 8.13. The van der Waals surface area contributed by atoms with Crippen LogP contribution in [0.3, 0.4) is 0 Å². The Morgan fingerprint density at radius 2 is 1.50 bits per heavy atom. The fourth-order valence-electron chi connectivity index (χ4n) is 1.61. The van der Waals surface area contributed by atoms with Gasteiger partial charge in [0.25, 0.3) is 0 Å². The lowest BCUT2D eigenvalue weighted by atomic mass is 10.2. The summed E-state index contributed by atoms with van der Waals surface area (Å²) in [5, 5.41) is 0.989. The molecule has 0 N–H and O–H groups in total. The molecule has 0 fully saturated rings. The van der Waals surface area contributed by atoms with Gasteiger partial charge in [0, 0.05) is 10.2 Å². The Morgan fingerprint density at radius 1 is 0.944 bits per heavy atom. The van der Waals surface area contributed by atoms with Crippen LogP contribution in [0.5, 0.6) is 11.5 Å². The van der Waals surface area contributed by atoms with Crippen molar-refractivity contribution in [2.24, 2.45) is 0 Å². The van der Waals surface area contributed by atoms with Crippen molar-refractivity contribution >= 4 is 27.7 Å². The van der Waals surface area contributed by atoms with E-state index in [-0.39, 0.29) is 0 Å². The SMILES string of the molecule is CSc1ccc(Oc2ccc(CCBr)cc2)cc1. The van der Waals surface area contributed by atoms with Gasteiger partial charge in [-0.1, -0.05) is 28.1 Å². The molecule has 0 amide bonds. The van der Waals surface area contributed by atoms with E-state index in [2.05, 4.69) is 46.5 Å². The van der Waals surface area contributed by atoms with E-state index in [0.29, 0.717) is 0 Å². The van der Waals surface area contributed by atoms with Crippen molar-refractivity contribution in [1.82, 2.24) is 0 Å². The predicted molar refractivity (Wildman–Crippen MR) is 82.2 cm³/mol. The van der Waals surface area contributed by atoms with Crippen molar-refractivity contribution in [3.63, 3.8) is 0 Å². The monoisotopic (exact) mass is 322 g/mol. The summed E-state index contributed by atoms with van der Waals surface area (Å²) in [5.74, 6) is 1.76. The van der Waals surface area contributed by atoms with Crippen LogP contribution < -0.4 is 4.74 Å². The van der Waals surface area contributed by atoms with Crippen LogP contribution in [-0.4, -0.2) is 11.6 Å². The van der Waals surface area contributed by atoms with Crippen molar-refractivity contribution in [2.45, 2.75) is 11.3 Å². The number of alkyl halides is 1. The Kier molecular flexibility index (Phi) is 5.14. The molecule has 0 heterocycles. The van der Waals surface area contributed by atoms with E-state index in [0.717, 1.165) is 23.2 Å². The van der Waals surface area contributed by atoms with Gasteiger partial charge < -0.3 is 4.74 Å². The van der Waals surface area contributed by atoms with Crippen molar-refractivity contribution in [3.05, 3.63) is 54.1 Å². The number of aryl methyl sites for hydroxylation is 1. The average molecular weight is 323 g/mol. The highest BCUT2D eigenvalue weighted by Crippen LogP contribution is 2.24. The molecule has 0 aliphatic rings. The smallest absolute Gasteiger partial charge is 0.127 e. The first-order valence-electron chi connectivity index (χ1n) is 5.78. The fourth-order valence-corrected chi connectivity index (χ4v) is 2.48. The Morgan fingerprint density at radius 3 is 2.00 bits per heavy atom. The minimum absolute atomic E-state index is 0.876. The summed E-state index contributed by atoms with van der Waals surface area (Å²) in [6, 6.07) is 16.4. The molecule has 2 aromatic carbocycles. The topological polar surface area (TPSA) is 9.23 Å². The molecule has 0 aromatic heterocycles. The lowest BCUT2D eigenvalue weighted by molar-refractivity contribution is 0.482. The van der Waals surface area contributed by atoms with Gasteiger partial charge in [0.2, 0.25) is 0 Å². The second-order valence-corrected chi connectivity index (χ2v) is 5.53. The molecule has 18 heavy (non-hydrogen) atoms. The van der Waals surface area contributed by atoms with Gasteiger partial charge in [0.15, 0.2) is 0 Å². The minimum atomic E-state index is 0.876. The van der Waals surface area contributed by atoms with Crippen LogP contribution in [0.15, 0.2) is 53.4 Å². The summed E-state index contributed by atoms with van der Waals surface area (Å²) in [4.78, 5) is 1.25. The lowest BCUT2D eigenvalue weighted by Gasteiger charge is -2.07. The Balaban J connectivity index is 2.03. The van der Waals surface area contributed by atoms with Crippen LogP contribution in [0, 0.1) is 0 Å². The van der Waals surface area contributed by atoms with Gasteiger partial charge in [0.1, 0.15) is 11.5 Å². The van der Waals surface area contributed by atoms with Crippen molar-refractivity contribution < 1.29 is 4.74 Å². The quantitative estimate of drug-likeness (QED) is 0.557. The molecule has 0 atom stereocenters. The molecule has 0 saturated heterocycles. The molecule has 2 aromatic rings. The van der Waals surface area contributed by atoms with Gasteiger partial charge in [-0.2, -0.15) is 0 Å². The molecule has 2 rings (SSSR count). The van der Waals surface area contributed by atoms with Crippen molar-refractivity contribution in [3.8, 4) is 11.5 Å². The third kappa shape index (κ3) is 3.79. The second kappa shape index (κ2) is 6.86. The predicted octanol–water partition coefficient (Wildman–Crippen LogP) is 5.14. The largest absolute Gasteiger partial charge is 0.457 e. The molecule has 0 saturated carbocycles. The molecule has 0 spiro atoms. The van der Waals surface area contributed by atoms with Crippen LogP contribution in [-0.2, 0) is 6.42 Å². The molecule has 0 bridgehead atoms. The summed E-state index contributed by atoms with van der Waals surface area (Å²) in [6.45, 7) is 0. The van der Waals surface area contributed by atoms with Crippen LogP contribution in [0.1, 0.15) is 5.56 Å². The van der Waals surface area contributed by atoms with E-state index in [4.69, 9.17) is 4.74 Å². The number of benzene rings is 2. The first kappa shape index (κ1) is 13.5. The Bertz CT molecular complexity index is 479. The van der Waals surface area contributed by atoms with E-state index < -0.39 is 0 Å². The molecule has 0 radical (unpaired) electrons. The van der Waals surface area contributed by atoms with Gasteiger partial charge in [-0.3, -0.25) is 0 Å². The third-order valence-corrected chi connectivity index (χ3v) is 3.74. The van der Waals surface area contributed by atoms with Gasteiger partial charge in [-0.25, -0.2) is 0 Å². The summed E-state index contributed by atoms with van der Waals surface area (Å²) < 4.78 is 5.79. The van der Waals surface area contributed by atoms with Crippen molar-refractivity contribution in [1.29, 1.82) is 0 Å². The zero-order valence-corrected chi connectivity index (χ0v) is 12.6. The van der Waals surface area contributed by atoms with Crippen LogP contribution in [0.4, 0.5) is 0 Å². The maximum Gasteiger partial charge on any atom is 0.127 e. The van der Waals surface area contributed by atoms with Crippen LogP contribution >= 0.6 is 27.7 Å². The third-order valence-electron chi connectivity index (χ3n) is 2.60. The molecule has 0 aliphatic heterocycles. The van der Waals surface area contributed by atoms with Gasteiger partial charge >= 0.3 is 0 Å². The van der Waals surface area contributed by atoms with Gasteiger partial charge in [-0.05, 0) is 54.6 Å². The highest BCUT2D eigenvalue weighted by Gasteiger charge is 1.98. The molecule has 0 unspecified atom stereocenters. The first-order chi connectivity index (χ1) is 8.81. The second-order valence-electron chi connectivity index (χ2n) is 3.86. The molecule has 0 aliphatic carbocycles. The van der Waals surface area contributed by atoms with Crippen LogP contribution in [0.25, 0.3) is 0 Å². The number of halogens is 1. The highest BCUT2D eigenvalue weighted by molar-refractivity contribution is 9.09. The van der Waals surface area contributed by atoms with Crippen LogP contribution in [0.2, 0.25) is 0 Å². The Labute approximate surface area is 121 Å². The minimum Gasteiger partial charge on any atom is -0.457 e. The summed E-state index contributed by atoms with van der Waals surface area (Å²) >= 11 is 5.17. The normalized spacial score (nSPS) is 10.3. The zero-order chi connectivity index (χ0) is 12.8. The fraction of sp³-hybridized carbons (Fsp3) is 0.200. The van der Waals surface area contributed by atoms with Crippen molar-refractivity contribution in [2.75, 3.05) is 11.6 Å². The summed E-state index contributed by atoms with van der Waals surface area (Å²) in [5.41, 5.74) is 1.32. The standard InChI is InChI=1S/C15H15BrOS/c1-18-15-8-6-14(7-9-15)17-13-4-2-12(3-5-13)10-11-16/h2-9H,10-11H2,1H3. The molecule has 94 valence electrons. The Hall–Kier alpha value is -0.930. The molecular weight excluding hydrogens is 308 g/mol. The number of ether oxygens (including phenoxy) is 1.